The number of para-hydroxylation sites is 1. The molecule has 2 aliphatic rings. The summed E-state index contributed by atoms with van der Waals surface area (Å²) < 4.78 is 35.0. The van der Waals surface area contributed by atoms with Crippen LogP contribution >= 0.6 is 0 Å². The van der Waals surface area contributed by atoms with Crippen LogP contribution < -0.4 is 14.5 Å². The van der Waals surface area contributed by atoms with E-state index in [4.69, 9.17) is 9.47 Å². The molecule has 0 spiro atoms. The second kappa shape index (κ2) is 8.67. The predicted molar refractivity (Wildman–Crippen MR) is 128 cm³/mol. The minimum absolute atomic E-state index is 0.191. The number of ether oxygens (including phenoxy) is 2. The van der Waals surface area contributed by atoms with E-state index in [2.05, 4.69) is 9.97 Å². The summed E-state index contributed by atoms with van der Waals surface area (Å²) in [7, 11) is -0.546. The van der Waals surface area contributed by atoms with Crippen molar-refractivity contribution in [1.29, 1.82) is 0 Å². The number of aromatic nitrogens is 2. The highest BCUT2D eigenvalue weighted by atomic mass is 32.2. The molecule has 0 saturated carbocycles. The number of sulfone groups is 1. The van der Waals surface area contributed by atoms with Crippen molar-refractivity contribution in [1.82, 2.24) is 14.9 Å². The molecule has 0 N–H and O–H groups in total. The Kier molecular flexibility index (Phi) is 6.12. The van der Waals surface area contributed by atoms with Crippen molar-refractivity contribution < 1.29 is 27.5 Å². The summed E-state index contributed by atoms with van der Waals surface area (Å²) in [5.74, 6) is 0.760. The zero-order valence-electron chi connectivity index (χ0n) is 20.6. The molecular formula is C23H29N5O6S. The van der Waals surface area contributed by atoms with Crippen LogP contribution in [0.5, 0.6) is 5.75 Å². The van der Waals surface area contributed by atoms with E-state index in [9.17, 15) is 18.0 Å². The van der Waals surface area contributed by atoms with E-state index >= 15 is 0 Å². The number of amides is 3. The average Bonchev–Trinajstić information content (AvgIpc) is 2.78. The fraction of sp³-hybridized carbons (Fsp3) is 0.478. The van der Waals surface area contributed by atoms with Crippen LogP contribution in [0.15, 0.2) is 29.6 Å². The van der Waals surface area contributed by atoms with E-state index in [1.165, 1.54) is 18.2 Å². The third-order valence-corrected chi connectivity index (χ3v) is 6.70. The summed E-state index contributed by atoms with van der Waals surface area (Å²) in [6, 6.07) is 4.75. The summed E-state index contributed by atoms with van der Waals surface area (Å²) >= 11 is 0. The van der Waals surface area contributed by atoms with E-state index in [1.807, 2.05) is 12.1 Å². The summed E-state index contributed by atoms with van der Waals surface area (Å²) in [6.07, 6.45) is 2.44. The summed E-state index contributed by atoms with van der Waals surface area (Å²) in [5, 5.41) is -0.329. The molecule has 1 aromatic carbocycles. The highest BCUT2D eigenvalue weighted by Gasteiger charge is 2.41. The molecule has 1 aromatic heterocycles. The second-order valence-electron chi connectivity index (χ2n) is 9.58. The lowest BCUT2D eigenvalue weighted by molar-refractivity contribution is 0.0571. The number of fused-ring (bicyclic) bond motifs is 2. The Bertz CT molecular complexity index is 1290. The number of carbonyl (C=O) groups is 2. The van der Waals surface area contributed by atoms with Crippen LogP contribution in [0.1, 0.15) is 44.4 Å². The highest BCUT2D eigenvalue weighted by Crippen LogP contribution is 2.45. The maximum absolute atomic E-state index is 13.4. The highest BCUT2D eigenvalue weighted by molar-refractivity contribution is 7.90. The van der Waals surface area contributed by atoms with Gasteiger partial charge in [0, 0.05) is 37.2 Å². The van der Waals surface area contributed by atoms with Gasteiger partial charge in [0.2, 0.25) is 15.0 Å². The minimum Gasteiger partial charge on any atom is -0.495 e. The summed E-state index contributed by atoms with van der Waals surface area (Å²) in [6.45, 7) is 5.92. The van der Waals surface area contributed by atoms with Crippen LogP contribution in [-0.2, 0) is 21.1 Å². The van der Waals surface area contributed by atoms with Crippen molar-refractivity contribution in [3.63, 3.8) is 0 Å². The molecule has 2 aromatic rings. The van der Waals surface area contributed by atoms with Crippen LogP contribution in [0.4, 0.5) is 21.1 Å². The van der Waals surface area contributed by atoms with Crippen molar-refractivity contribution in [3.05, 3.63) is 35.5 Å². The predicted octanol–water partition coefficient (Wildman–Crippen LogP) is 3.15. The molecule has 4 rings (SSSR count). The quantitative estimate of drug-likeness (QED) is 0.586. The molecule has 1 atom stereocenters. The van der Waals surface area contributed by atoms with Crippen molar-refractivity contribution in [2.45, 2.75) is 50.5 Å². The van der Waals surface area contributed by atoms with Crippen molar-refractivity contribution in [3.8, 4) is 5.75 Å². The molecule has 3 heterocycles. The van der Waals surface area contributed by atoms with Crippen LogP contribution in [0, 0.1) is 0 Å². The number of urea groups is 1. The molecule has 188 valence electrons. The Morgan fingerprint density at radius 2 is 1.94 bits per heavy atom. The molecule has 0 aliphatic carbocycles. The first kappa shape index (κ1) is 24.7. The first-order chi connectivity index (χ1) is 16.3. The molecule has 0 bridgehead atoms. The maximum Gasteiger partial charge on any atom is 0.414 e. The van der Waals surface area contributed by atoms with Crippen molar-refractivity contribution in [2.24, 2.45) is 0 Å². The number of nitrogens with zero attached hydrogens (tertiary/aromatic N) is 5. The Morgan fingerprint density at radius 1 is 1.23 bits per heavy atom. The zero-order chi connectivity index (χ0) is 25.7. The van der Waals surface area contributed by atoms with Crippen LogP contribution in [0.3, 0.4) is 0 Å². The molecule has 2 aliphatic heterocycles. The van der Waals surface area contributed by atoms with Gasteiger partial charge in [-0.1, -0.05) is 12.1 Å². The molecule has 12 heteroatoms. The Hall–Kier alpha value is -3.41. The summed E-state index contributed by atoms with van der Waals surface area (Å²) in [4.78, 5) is 39.1. The lowest BCUT2D eigenvalue weighted by Crippen LogP contribution is -2.50. The largest absolute Gasteiger partial charge is 0.495 e. The smallest absolute Gasteiger partial charge is 0.414 e. The fourth-order valence-corrected chi connectivity index (χ4v) is 4.84. The number of hydrogen-bond donors (Lipinski definition) is 0. The lowest BCUT2D eigenvalue weighted by atomic mass is 9.93. The molecular weight excluding hydrogens is 474 g/mol. The molecule has 3 amide bonds. The molecule has 0 radical (unpaired) electrons. The van der Waals surface area contributed by atoms with Gasteiger partial charge in [-0.2, -0.15) is 0 Å². The van der Waals surface area contributed by atoms with E-state index in [0.717, 1.165) is 11.8 Å². The van der Waals surface area contributed by atoms with Crippen LogP contribution in [-0.4, -0.2) is 68.0 Å². The normalized spacial score (nSPS) is 18.2. The molecule has 1 unspecified atom stereocenters. The second-order valence-corrected chi connectivity index (χ2v) is 11.5. The number of carbonyl (C=O) groups excluding carboxylic acids is 2. The third kappa shape index (κ3) is 4.62. The lowest BCUT2D eigenvalue weighted by Gasteiger charge is -2.43. The van der Waals surface area contributed by atoms with Crippen LogP contribution in [0.25, 0.3) is 0 Å². The van der Waals surface area contributed by atoms with Gasteiger partial charge < -0.3 is 14.4 Å². The van der Waals surface area contributed by atoms with Gasteiger partial charge >= 0.3 is 12.1 Å². The van der Waals surface area contributed by atoms with Gasteiger partial charge in [0.15, 0.2) is 0 Å². The van der Waals surface area contributed by atoms with Crippen molar-refractivity contribution in [2.75, 3.05) is 36.8 Å². The number of anilines is 2. The average molecular weight is 504 g/mol. The maximum atomic E-state index is 13.4. The molecule has 11 nitrogen and oxygen atoms in total. The minimum atomic E-state index is -3.62. The Labute approximate surface area is 204 Å². The monoisotopic (exact) mass is 503 g/mol. The summed E-state index contributed by atoms with van der Waals surface area (Å²) in [5.41, 5.74) is 1.26. The molecule has 0 saturated heterocycles. The zero-order valence-corrected chi connectivity index (χ0v) is 21.4. The van der Waals surface area contributed by atoms with E-state index < -0.39 is 21.5 Å². The van der Waals surface area contributed by atoms with Gasteiger partial charge in [0.05, 0.1) is 25.4 Å². The molecule has 0 fully saturated rings. The number of benzene rings is 1. The molecule has 35 heavy (non-hydrogen) atoms. The fourth-order valence-electron chi connectivity index (χ4n) is 4.34. The number of rotatable bonds is 3. The van der Waals surface area contributed by atoms with Crippen molar-refractivity contribution >= 4 is 33.5 Å². The van der Waals surface area contributed by atoms with Gasteiger partial charge in [-0.3, -0.25) is 9.80 Å². The van der Waals surface area contributed by atoms with Gasteiger partial charge in [-0.25, -0.2) is 28.0 Å². The van der Waals surface area contributed by atoms with E-state index in [0.29, 0.717) is 30.0 Å². The van der Waals surface area contributed by atoms with Gasteiger partial charge in [-0.05, 0) is 33.3 Å². The van der Waals surface area contributed by atoms with Gasteiger partial charge in [0.25, 0.3) is 0 Å². The van der Waals surface area contributed by atoms with Gasteiger partial charge in [0.1, 0.15) is 17.2 Å². The Morgan fingerprint density at radius 3 is 2.57 bits per heavy atom. The standard InChI is InChI=1S/C23H29N5O6S/c1-23(2,3)34-22(30)27-11-10-16(15-8-7-9-17(33-5)18(15)27)28-13-14-12-24-20(35(6,31)32)25-19(14)26(4)21(28)29/h7-9,12,16H,10-11,13H2,1-6H3. The van der Waals surface area contributed by atoms with Crippen LogP contribution in [0.2, 0.25) is 0 Å². The van der Waals surface area contributed by atoms with E-state index in [1.54, 1.807) is 43.7 Å². The first-order valence-electron chi connectivity index (χ1n) is 11.1. The van der Waals surface area contributed by atoms with Gasteiger partial charge in [-0.15, -0.1) is 0 Å². The topological polar surface area (TPSA) is 122 Å². The number of methoxy groups -OCH3 is 1. The first-order valence-corrected chi connectivity index (χ1v) is 13.0. The van der Waals surface area contributed by atoms with E-state index in [-0.39, 0.29) is 29.6 Å². The SMILES string of the molecule is COc1cccc2c1N(C(=O)OC(C)(C)C)CCC2N1Cc2cnc(S(C)(=O)=O)nc2N(C)C1=O. The Balaban J connectivity index is 1.74. The third-order valence-electron chi connectivity index (χ3n) is 5.84. The number of hydrogen-bond acceptors (Lipinski definition) is 8.